The number of hydrogen-bond donors (Lipinski definition) is 1. The first kappa shape index (κ1) is 12.0. The van der Waals surface area contributed by atoms with Gasteiger partial charge in [0.1, 0.15) is 0 Å². The quantitative estimate of drug-likeness (QED) is 0.872. The van der Waals surface area contributed by atoms with E-state index in [0.29, 0.717) is 18.6 Å². The molecule has 0 radical (unpaired) electrons. The number of ether oxygens (including phenoxy) is 2. The Morgan fingerprint density at radius 2 is 2.00 bits per heavy atom. The second kappa shape index (κ2) is 4.66. The molecular formula is C15H18N2O3. The molecule has 0 bridgehead atoms. The average Bonchev–Trinajstić information content (AvgIpc) is 3.17. The highest BCUT2D eigenvalue weighted by Gasteiger charge is 2.46. The summed E-state index contributed by atoms with van der Waals surface area (Å²) in [5, 5.41) is 3.28. The van der Waals surface area contributed by atoms with Crippen molar-refractivity contribution >= 4 is 5.91 Å². The van der Waals surface area contributed by atoms with Crippen LogP contribution in [-0.4, -0.2) is 43.8 Å². The van der Waals surface area contributed by atoms with Crippen LogP contribution in [0, 0.1) is 5.92 Å². The van der Waals surface area contributed by atoms with Gasteiger partial charge in [-0.05, 0) is 30.0 Å². The van der Waals surface area contributed by atoms with Gasteiger partial charge in [0.05, 0.1) is 0 Å². The fourth-order valence-corrected chi connectivity index (χ4v) is 3.10. The van der Waals surface area contributed by atoms with Gasteiger partial charge in [0.2, 0.25) is 12.7 Å². The van der Waals surface area contributed by atoms with Crippen LogP contribution in [0.25, 0.3) is 0 Å². The van der Waals surface area contributed by atoms with E-state index in [1.54, 1.807) is 0 Å². The first-order valence-electron chi connectivity index (χ1n) is 7.22. The molecular weight excluding hydrogens is 256 g/mol. The summed E-state index contributed by atoms with van der Waals surface area (Å²) >= 11 is 0. The van der Waals surface area contributed by atoms with Crippen molar-refractivity contribution in [1.29, 1.82) is 0 Å². The Morgan fingerprint density at radius 1 is 1.20 bits per heavy atom. The van der Waals surface area contributed by atoms with E-state index in [1.807, 2.05) is 17.0 Å². The number of rotatable bonds is 2. The standard InChI is InChI=1S/C15H18N2O3/c18-15(17-5-3-16-4-6-17)12-8-11(12)10-1-2-13-14(7-10)20-9-19-13/h1-2,7,11-12,16H,3-6,8-9H2. The van der Waals surface area contributed by atoms with E-state index in [0.717, 1.165) is 44.1 Å². The molecule has 3 aliphatic rings. The third-order valence-electron chi connectivity index (χ3n) is 4.36. The number of benzene rings is 1. The van der Waals surface area contributed by atoms with Crippen molar-refractivity contribution in [3.05, 3.63) is 23.8 Å². The van der Waals surface area contributed by atoms with E-state index >= 15 is 0 Å². The summed E-state index contributed by atoms with van der Waals surface area (Å²) in [6, 6.07) is 6.03. The number of carbonyl (C=O) groups is 1. The Balaban J connectivity index is 1.45. The zero-order valence-corrected chi connectivity index (χ0v) is 11.3. The van der Waals surface area contributed by atoms with Crippen LogP contribution in [0.3, 0.4) is 0 Å². The fourth-order valence-electron chi connectivity index (χ4n) is 3.10. The van der Waals surface area contributed by atoms with Gasteiger partial charge in [-0.25, -0.2) is 0 Å². The Hall–Kier alpha value is -1.75. The lowest BCUT2D eigenvalue weighted by Gasteiger charge is -2.27. The number of piperazine rings is 1. The van der Waals surface area contributed by atoms with Crippen molar-refractivity contribution in [2.45, 2.75) is 12.3 Å². The van der Waals surface area contributed by atoms with Gasteiger partial charge in [-0.2, -0.15) is 0 Å². The molecule has 20 heavy (non-hydrogen) atoms. The monoisotopic (exact) mass is 274 g/mol. The Kier molecular flexibility index (Phi) is 2.80. The molecule has 0 spiro atoms. The first-order valence-corrected chi connectivity index (χ1v) is 7.22. The summed E-state index contributed by atoms with van der Waals surface area (Å²) in [5.41, 5.74) is 1.20. The van der Waals surface area contributed by atoms with Gasteiger partial charge in [0.25, 0.3) is 0 Å². The van der Waals surface area contributed by atoms with Gasteiger partial charge in [0, 0.05) is 32.1 Å². The van der Waals surface area contributed by atoms with E-state index in [1.165, 1.54) is 5.56 Å². The third kappa shape index (κ3) is 2.02. The molecule has 0 aromatic heterocycles. The van der Waals surface area contributed by atoms with E-state index in [2.05, 4.69) is 11.4 Å². The summed E-state index contributed by atoms with van der Waals surface area (Å²) in [6.45, 7) is 3.79. The predicted octanol–water partition coefficient (Wildman–Crippen LogP) is 0.951. The van der Waals surface area contributed by atoms with E-state index in [-0.39, 0.29) is 5.92 Å². The Morgan fingerprint density at radius 3 is 2.85 bits per heavy atom. The van der Waals surface area contributed by atoms with Crippen LogP contribution in [0.4, 0.5) is 0 Å². The molecule has 106 valence electrons. The highest BCUT2D eigenvalue weighted by Crippen LogP contribution is 2.50. The second-order valence-corrected chi connectivity index (χ2v) is 5.64. The van der Waals surface area contributed by atoms with Crippen molar-refractivity contribution in [2.75, 3.05) is 33.0 Å². The number of carbonyl (C=O) groups excluding carboxylic acids is 1. The van der Waals surface area contributed by atoms with E-state index < -0.39 is 0 Å². The Bertz CT molecular complexity index is 540. The van der Waals surface area contributed by atoms with Crippen molar-refractivity contribution in [3.63, 3.8) is 0 Å². The van der Waals surface area contributed by atoms with Crippen LogP contribution in [0.1, 0.15) is 17.9 Å². The molecule has 1 amide bonds. The number of nitrogens with one attached hydrogen (secondary N) is 1. The SMILES string of the molecule is O=C(C1CC1c1ccc2c(c1)OCO2)N1CCNCC1. The lowest BCUT2D eigenvalue weighted by molar-refractivity contribution is -0.133. The van der Waals surface area contributed by atoms with Gasteiger partial charge in [-0.3, -0.25) is 4.79 Å². The smallest absolute Gasteiger partial charge is 0.231 e. The minimum absolute atomic E-state index is 0.161. The molecule has 1 saturated carbocycles. The molecule has 2 heterocycles. The molecule has 4 rings (SSSR count). The van der Waals surface area contributed by atoms with Crippen molar-refractivity contribution in [2.24, 2.45) is 5.92 Å². The molecule has 1 saturated heterocycles. The topological polar surface area (TPSA) is 50.8 Å². The molecule has 2 atom stereocenters. The minimum Gasteiger partial charge on any atom is -0.454 e. The summed E-state index contributed by atoms with van der Waals surface area (Å²) in [6.07, 6.45) is 0.961. The maximum atomic E-state index is 12.4. The van der Waals surface area contributed by atoms with Crippen LogP contribution in [0.5, 0.6) is 11.5 Å². The maximum Gasteiger partial charge on any atom is 0.231 e. The Labute approximate surface area is 117 Å². The molecule has 1 aliphatic carbocycles. The lowest BCUT2D eigenvalue weighted by atomic mass is 10.1. The number of hydrogen-bond acceptors (Lipinski definition) is 4. The summed E-state index contributed by atoms with van der Waals surface area (Å²) < 4.78 is 10.7. The predicted molar refractivity (Wildman–Crippen MR) is 72.9 cm³/mol. The van der Waals surface area contributed by atoms with Gasteiger partial charge >= 0.3 is 0 Å². The van der Waals surface area contributed by atoms with Crippen LogP contribution < -0.4 is 14.8 Å². The molecule has 2 unspecified atom stereocenters. The highest BCUT2D eigenvalue weighted by atomic mass is 16.7. The molecule has 5 heteroatoms. The van der Waals surface area contributed by atoms with Crippen LogP contribution in [0.2, 0.25) is 0 Å². The fraction of sp³-hybridized carbons (Fsp3) is 0.533. The van der Waals surface area contributed by atoms with Crippen LogP contribution in [-0.2, 0) is 4.79 Å². The van der Waals surface area contributed by atoms with Crippen LogP contribution >= 0.6 is 0 Å². The normalized spacial score (nSPS) is 27.5. The number of amides is 1. The third-order valence-corrected chi connectivity index (χ3v) is 4.36. The van der Waals surface area contributed by atoms with Gasteiger partial charge in [0.15, 0.2) is 11.5 Å². The zero-order valence-electron chi connectivity index (χ0n) is 11.3. The summed E-state index contributed by atoms with van der Waals surface area (Å²) in [4.78, 5) is 14.4. The number of nitrogens with zero attached hydrogens (tertiary/aromatic N) is 1. The molecule has 5 nitrogen and oxygen atoms in total. The molecule has 1 aromatic rings. The molecule has 1 aromatic carbocycles. The van der Waals surface area contributed by atoms with Crippen molar-refractivity contribution in [3.8, 4) is 11.5 Å². The molecule has 2 fully saturated rings. The van der Waals surface area contributed by atoms with Crippen LogP contribution in [0.15, 0.2) is 18.2 Å². The molecule has 2 aliphatic heterocycles. The van der Waals surface area contributed by atoms with Gasteiger partial charge < -0.3 is 19.7 Å². The van der Waals surface area contributed by atoms with Crippen molar-refractivity contribution in [1.82, 2.24) is 10.2 Å². The van der Waals surface area contributed by atoms with Crippen molar-refractivity contribution < 1.29 is 14.3 Å². The van der Waals surface area contributed by atoms with E-state index in [4.69, 9.17) is 9.47 Å². The minimum atomic E-state index is 0.161. The number of fused-ring (bicyclic) bond motifs is 1. The average molecular weight is 274 g/mol. The first-order chi connectivity index (χ1) is 9.83. The highest BCUT2D eigenvalue weighted by molar-refractivity contribution is 5.83. The lowest BCUT2D eigenvalue weighted by Crippen LogP contribution is -2.47. The molecule has 1 N–H and O–H groups in total. The van der Waals surface area contributed by atoms with E-state index in [9.17, 15) is 4.79 Å². The summed E-state index contributed by atoms with van der Waals surface area (Å²) in [5.74, 6) is 2.44. The largest absolute Gasteiger partial charge is 0.454 e. The van der Waals surface area contributed by atoms with Gasteiger partial charge in [-0.15, -0.1) is 0 Å². The zero-order chi connectivity index (χ0) is 13.5. The second-order valence-electron chi connectivity index (χ2n) is 5.64. The summed E-state index contributed by atoms with van der Waals surface area (Å²) in [7, 11) is 0. The maximum absolute atomic E-state index is 12.4. The van der Waals surface area contributed by atoms with Gasteiger partial charge in [-0.1, -0.05) is 6.07 Å².